The highest BCUT2D eigenvalue weighted by Crippen LogP contribution is 2.55. The molecule has 1 aromatic heterocycles. The topological polar surface area (TPSA) is 53.7 Å². The molecule has 1 aliphatic heterocycles. The lowest BCUT2D eigenvalue weighted by atomic mass is 9.88. The number of amides is 1. The fraction of sp³-hybridized carbons (Fsp3) is 0.615. The summed E-state index contributed by atoms with van der Waals surface area (Å²) >= 11 is 0. The maximum Gasteiger partial charge on any atom is 0.289 e. The van der Waals surface area contributed by atoms with Gasteiger partial charge in [0, 0.05) is 6.54 Å². The van der Waals surface area contributed by atoms with E-state index in [-0.39, 0.29) is 18.1 Å². The van der Waals surface area contributed by atoms with E-state index in [1.165, 1.54) is 6.26 Å². The standard InChI is InChI=1S/C13H15NO3/c15-12-7-4-8-6-14(11(12)9(8)5-7)13(16)10-2-1-3-17-10/h1-3,7-9,11-12,15H,4-6H2. The molecular formula is C13H15NO3. The number of aliphatic hydroxyl groups excluding tert-OH is 1. The van der Waals surface area contributed by atoms with Gasteiger partial charge in [-0.1, -0.05) is 0 Å². The third kappa shape index (κ3) is 1.14. The van der Waals surface area contributed by atoms with Crippen LogP contribution in [0, 0.1) is 17.8 Å². The molecule has 2 aliphatic carbocycles. The zero-order valence-corrected chi connectivity index (χ0v) is 9.45. The van der Waals surface area contributed by atoms with Gasteiger partial charge in [-0.15, -0.1) is 0 Å². The van der Waals surface area contributed by atoms with E-state index in [4.69, 9.17) is 4.42 Å². The predicted octanol–water partition coefficient (Wildman–Crippen LogP) is 1.12. The first-order valence-corrected chi connectivity index (χ1v) is 6.28. The number of hydrogen-bond acceptors (Lipinski definition) is 3. The van der Waals surface area contributed by atoms with Crippen molar-refractivity contribution < 1.29 is 14.3 Å². The van der Waals surface area contributed by atoms with Crippen molar-refractivity contribution in [2.45, 2.75) is 25.0 Å². The van der Waals surface area contributed by atoms with E-state index in [9.17, 15) is 9.90 Å². The molecule has 0 aromatic carbocycles. The maximum atomic E-state index is 12.3. The predicted molar refractivity (Wildman–Crippen MR) is 59.2 cm³/mol. The second kappa shape index (κ2) is 3.13. The summed E-state index contributed by atoms with van der Waals surface area (Å²) in [5.74, 6) is 1.88. The molecule has 0 spiro atoms. The van der Waals surface area contributed by atoms with Crippen LogP contribution in [-0.2, 0) is 0 Å². The van der Waals surface area contributed by atoms with Crippen LogP contribution in [0.25, 0.3) is 0 Å². The monoisotopic (exact) mass is 233 g/mol. The summed E-state index contributed by atoms with van der Waals surface area (Å²) in [4.78, 5) is 14.1. The van der Waals surface area contributed by atoms with Crippen LogP contribution in [0.3, 0.4) is 0 Å². The summed E-state index contributed by atoms with van der Waals surface area (Å²) in [5, 5.41) is 10.2. The van der Waals surface area contributed by atoms with Gasteiger partial charge < -0.3 is 14.4 Å². The molecule has 2 heterocycles. The first kappa shape index (κ1) is 9.71. The Morgan fingerprint density at radius 2 is 2.29 bits per heavy atom. The quantitative estimate of drug-likeness (QED) is 0.790. The average Bonchev–Trinajstić information content (AvgIpc) is 3.02. The second-order valence-corrected chi connectivity index (χ2v) is 5.57. The molecule has 4 nitrogen and oxygen atoms in total. The third-order valence-corrected chi connectivity index (χ3v) is 4.84. The van der Waals surface area contributed by atoms with Gasteiger partial charge in [0.2, 0.25) is 0 Å². The number of furan rings is 1. The molecule has 17 heavy (non-hydrogen) atoms. The van der Waals surface area contributed by atoms with Crippen molar-refractivity contribution in [3.63, 3.8) is 0 Å². The molecule has 2 bridgehead atoms. The van der Waals surface area contributed by atoms with Gasteiger partial charge in [0.15, 0.2) is 5.76 Å². The largest absolute Gasteiger partial charge is 0.459 e. The first-order valence-electron chi connectivity index (χ1n) is 6.28. The van der Waals surface area contributed by atoms with Gasteiger partial charge >= 0.3 is 0 Å². The lowest BCUT2D eigenvalue weighted by molar-refractivity contribution is 0.0382. The lowest BCUT2D eigenvalue weighted by Crippen LogP contribution is -2.43. The first-order chi connectivity index (χ1) is 8.25. The van der Waals surface area contributed by atoms with E-state index in [1.807, 2.05) is 4.90 Å². The number of rotatable bonds is 1. The minimum absolute atomic E-state index is 0.0383. The van der Waals surface area contributed by atoms with Crippen molar-refractivity contribution in [3.8, 4) is 0 Å². The molecule has 4 rings (SSSR count). The normalized spacial score (nSPS) is 42.4. The van der Waals surface area contributed by atoms with Crippen LogP contribution in [0.15, 0.2) is 22.8 Å². The van der Waals surface area contributed by atoms with E-state index in [2.05, 4.69) is 0 Å². The van der Waals surface area contributed by atoms with Crippen molar-refractivity contribution >= 4 is 5.91 Å². The molecular weight excluding hydrogens is 218 g/mol. The van der Waals surface area contributed by atoms with E-state index in [0.29, 0.717) is 23.5 Å². The van der Waals surface area contributed by atoms with Crippen LogP contribution in [0.2, 0.25) is 0 Å². The Morgan fingerprint density at radius 3 is 3.00 bits per heavy atom. The Balaban J connectivity index is 1.66. The highest BCUT2D eigenvalue weighted by Gasteiger charge is 2.60. The number of nitrogens with zero attached hydrogens (tertiary/aromatic N) is 1. The highest BCUT2D eigenvalue weighted by atomic mass is 16.3. The number of hydrogen-bond donors (Lipinski definition) is 1. The lowest BCUT2D eigenvalue weighted by Gasteiger charge is -2.28. The van der Waals surface area contributed by atoms with Crippen molar-refractivity contribution in [1.29, 1.82) is 0 Å². The molecule has 5 unspecified atom stereocenters. The average molecular weight is 233 g/mol. The number of carbonyl (C=O) groups is 1. The fourth-order valence-electron chi connectivity index (χ4n) is 4.19. The fourth-order valence-corrected chi connectivity index (χ4v) is 4.19. The number of fused-ring (bicyclic) bond motifs is 1. The van der Waals surface area contributed by atoms with Crippen LogP contribution in [0.4, 0.5) is 0 Å². The summed E-state index contributed by atoms with van der Waals surface area (Å²) in [6.45, 7) is 0.794. The van der Waals surface area contributed by atoms with Gasteiger partial charge in [-0.25, -0.2) is 0 Å². The van der Waals surface area contributed by atoms with Crippen LogP contribution < -0.4 is 0 Å². The van der Waals surface area contributed by atoms with Crippen LogP contribution in [-0.4, -0.2) is 34.6 Å². The van der Waals surface area contributed by atoms with E-state index < -0.39 is 0 Å². The molecule has 1 saturated heterocycles. The smallest absolute Gasteiger partial charge is 0.289 e. The molecule has 5 atom stereocenters. The summed E-state index contributed by atoms with van der Waals surface area (Å²) in [6.07, 6.45) is 3.38. The zero-order valence-electron chi connectivity index (χ0n) is 9.45. The Hall–Kier alpha value is -1.29. The summed E-state index contributed by atoms with van der Waals surface area (Å²) < 4.78 is 5.17. The summed E-state index contributed by atoms with van der Waals surface area (Å²) in [7, 11) is 0. The van der Waals surface area contributed by atoms with E-state index >= 15 is 0 Å². The summed E-state index contributed by atoms with van der Waals surface area (Å²) in [5.41, 5.74) is 0. The van der Waals surface area contributed by atoms with Gasteiger partial charge in [-0.2, -0.15) is 0 Å². The second-order valence-electron chi connectivity index (χ2n) is 5.57. The van der Waals surface area contributed by atoms with Crippen molar-refractivity contribution in [1.82, 2.24) is 4.90 Å². The Morgan fingerprint density at radius 1 is 1.41 bits per heavy atom. The molecule has 1 N–H and O–H groups in total. The van der Waals surface area contributed by atoms with Gasteiger partial charge in [-0.05, 0) is 42.7 Å². The number of carbonyl (C=O) groups excluding carboxylic acids is 1. The van der Waals surface area contributed by atoms with Crippen molar-refractivity contribution in [2.75, 3.05) is 6.54 Å². The van der Waals surface area contributed by atoms with Crippen molar-refractivity contribution in [3.05, 3.63) is 24.2 Å². The number of aliphatic hydroxyl groups is 1. The van der Waals surface area contributed by atoms with E-state index in [0.717, 1.165) is 19.4 Å². The number of likely N-dealkylation sites (tertiary alicyclic amines) is 1. The molecule has 1 amide bonds. The molecule has 90 valence electrons. The minimum atomic E-state index is -0.322. The Kier molecular flexibility index (Phi) is 1.79. The molecule has 3 aliphatic rings. The molecule has 4 heteroatoms. The molecule has 1 aromatic rings. The minimum Gasteiger partial charge on any atom is -0.459 e. The van der Waals surface area contributed by atoms with Gasteiger partial charge in [0.05, 0.1) is 18.4 Å². The zero-order chi connectivity index (χ0) is 11.6. The third-order valence-electron chi connectivity index (χ3n) is 4.84. The Bertz CT molecular complexity index is 453. The van der Waals surface area contributed by atoms with Gasteiger partial charge in [0.1, 0.15) is 0 Å². The van der Waals surface area contributed by atoms with E-state index in [1.54, 1.807) is 12.1 Å². The summed E-state index contributed by atoms with van der Waals surface area (Å²) in [6, 6.07) is 3.46. The van der Waals surface area contributed by atoms with Crippen LogP contribution in [0.1, 0.15) is 23.4 Å². The highest BCUT2D eigenvalue weighted by molar-refractivity contribution is 5.92. The SMILES string of the molecule is O=C(c1ccco1)N1CC2CC3CC2C1C3O. The molecule has 0 radical (unpaired) electrons. The maximum absolute atomic E-state index is 12.3. The van der Waals surface area contributed by atoms with Crippen molar-refractivity contribution in [2.24, 2.45) is 17.8 Å². The molecule has 3 fully saturated rings. The van der Waals surface area contributed by atoms with Crippen LogP contribution >= 0.6 is 0 Å². The van der Waals surface area contributed by atoms with Crippen LogP contribution in [0.5, 0.6) is 0 Å². The Labute approximate surface area is 99.2 Å². The van der Waals surface area contributed by atoms with Gasteiger partial charge in [-0.3, -0.25) is 4.79 Å². The van der Waals surface area contributed by atoms with Gasteiger partial charge in [0.25, 0.3) is 5.91 Å². The molecule has 2 saturated carbocycles.